The zero-order valence-electron chi connectivity index (χ0n) is 15.7. The smallest absolute Gasteiger partial charge is 0.172 e. The highest BCUT2D eigenvalue weighted by molar-refractivity contribution is 7.13. The van der Waals surface area contributed by atoms with Crippen molar-refractivity contribution >= 4 is 51.2 Å². The van der Waals surface area contributed by atoms with Crippen LogP contribution in [0.2, 0.25) is 5.02 Å². The lowest BCUT2D eigenvalue weighted by molar-refractivity contribution is 0.102. The van der Waals surface area contributed by atoms with Gasteiger partial charge < -0.3 is 15.5 Å². The molecule has 3 N–H and O–H groups in total. The Morgan fingerprint density at radius 2 is 2.00 bits per heavy atom. The molecule has 0 aliphatic rings. The van der Waals surface area contributed by atoms with Gasteiger partial charge in [0, 0.05) is 11.8 Å². The molecule has 2 heterocycles. The van der Waals surface area contributed by atoms with Gasteiger partial charge in [-0.25, -0.2) is 9.97 Å². The molecule has 4 rings (SSSR count). The van der Waals surface area contributed by atoms with E-state index in [0.717, 1.165) is 16.8 Å². The summed E-state index contributed by atoms with van der Waals surface area (Å²) < 4.78 is 4.43. The zero-order chi connectivity index (χ0) is 20.9. The van der Waals surface area contributed by atoms with Crippen molar-refractivity contribution in [3.05, 3.63) is 65.4 Å². The average Bonchev–Trinajstić information content (AvgIpc) is 3.17. The van der Waals surface area contributed by atoms with Gasteiger partial charge in [0.2, 0.25) is 0 Å². The molecular formula is C21H18ClN5O2S. The molecule has 0 spiro atoms. The summed E-state index contributed by atoms with van der Waals surface area (Å²) in [4.78, 5) is 13.6. The molecule has 2 aromatic carbocycles. The Bertz CT molecular complexity index is 1180. The van der Waals surface area contributed by atoms with Crippen molar-refractivity contribution < 1.29 is 10.2 Å². The molecular weight excluding hydrogens is 422 g/mol. The predicted octanol–water partition coefficient (Wildman–Crippen LogP) is 3.92. The highest BCUT2D eigenvalue weighted by Gasteiger charge is 2.13. The first-order valence-corrected chi connectivity index (χ1v) is 10.3. The third-order valence-electron chi connectivity index (χ3n) is 4.29. The fourth-order valence-electron chi connectivity index (χ4n) is 2.81. The number of benzene rings is 2. The van der Waals surface area contributed by atoms with Gasteiger partial charge in [0.25, 0.3) is 0 Å². The molecule has 9 heteroatoms. The largest absolute Gasteiger partial charge is 0.394 e. The first-order valence-electron chi connectivity index (χ1n) is 9.18. The van der Waals surface area contributed by atoms with Gasteiger partial charge in [0.15, 0.2) is 10.6 Å². The van der Waals surface area contributed by atoms with Crippen molar-refractivity contribution in [2.24, 2.45) is 4.99 Å². The number of rotatable bonds is 7. The quantitative estimate of drug-likeness (QED) is 0.377. The molecule has 2 aromatic heterocycles. The van der Waals surface area contributed by atoms with Gasteiger partial charge in [0.1, 0.15) is 11.2 Å². The minimum absolute atomic E-state index is 0.0992. The van der Waals surface area contributed by atoms with Crippen LogP contribution in [-0.4, -0.2) is 50.0 Å². The number of aliphatic hydroxyl groups excluding tert-OH is 2. The van der Waals surface area contributed by atoms with E-state index in [-0.39, 0.29) is 13.2 Å². The van der Waals surface area contributed by atoms with E-state index in [9.17, 15) is 5.11 Å². The Balaban J connectivity index is 1.58. The Labute approximate surface area is 181 Å². The standard InChI is InChI=1S/C21H18ClN5O2S/c22-18-16(13-5-2-1-3-6-13)7-4-8-17(18)26-20-19-21(30-27-20)25-14(10-24-19)9-23-11-15(29)12-28/h1-10,15,28-29H,11-12H2,(H,26,27). The van der Waals surface area contributed by atoms with Crippen molar-refractivity contribution in [2.45, 2.75) is 6.10 Å². The lowest BCUT2D eigenvalue weighted by atomic mass is 10.1. The van der Waals surface area contributed by atoms with Crippen LogP contribution in [0.1, 0.15) is 5.69 Å². The number of aliphatic hydroxyl groups is 2. The number of nitrogens with one attached hydrogen (secondary N) is 1. The van der Waals surface area contributed by atoms with Gasteiger partial charge in [-0.05, 0) is 23.2 Å². The molecule has 0 aliphatic carbocycles. The van der Waals surface area contributed by atoms with Crippen molar-refractivity contribution in [3.8, 4) is 11.1 Å². The van der Waals surface area contributed by atoms with Crippen LogP contribution in [0.15, 0.2) is 59.7 Å². The summed E-state index contributed by atoms with van der Waals surface area (Å²) >= 11 is 7.87. The Morgan fingerprint density at radius 1 is 1.17 bits per heavy atom. The number of fused-ring (bicyclic) bond motifs is 1. The Hall–Kier alpha value is -2.91. The summed E-state index contributed by atoms with van der Waals surface area (Å²) in [5, 5.41) is 22.0. The van der Waals surface area contributed by atoms with Crippen LogP contribution in [0.4, 0.5) is 11.5 Å². The van der Waals surface area contributed by atoms with Crippen molar-refractivity contribution in [1.82, 2.24) is 14.3 Å². The summed E-state index contributed by atoms with van der Waals surface area (Å²) in [5.41, 5.74) is 3.87. The van der Waals surface area contributed by atoms with Crippen LogP contribution >= 0.6 is 23.1 Å². The average molecular weight is 440 g/mol. The maximum Gasteiger partial charge on any atom is 0.172 e. The highest BCUT2D eigenvalue weighted by Crippen LogP contribution is 2.36. The lowest BCUT2D eigenvalue weighted by Gasteiger charge is -2.10. The van der Waals surface area contributed by atoms with Crippen LogP contribution in [0.25, 0.3) is 21.5 Å². The summed E-state index contributed by atoms with van der Waals surface area (Å²) in [6.45, 7) is -0.234. The number of halogens is 1. The van der Waals surface area contributed by atoms with E-state index in [2.05, 4.69) is 24.7 Å². The number of nitrogens with zero attached hydrogens (tertiary/aromatic N) is 4. The van der Waals surface area contributed by atoms with E-state index in [0.29, 0.717) is 26.9 Å². The second-order valence-electron chi connectivity index (χ2n) is 6.47. The minimum Gasteiger partial charge on any atom is -0.394 e. The van der Waals surface area contributed by atoms with Crippen LogP contribution in [0, 0.1) is 0 Å². The van der Waals surface area contributed by atoms with Gasteiger partial charge in [-0.1, -0.05) is 54.1 Å². The van der Waals surface area contributed by atoms with Crippen molar-refractivity contribution in [3.63, 3.8) is 0 Å². The van der Waals surface area contributed by atoms with E-state index in [1.165, 1.54) is 17.7 Å². The molecule has 152 valence electrons. The predicted molar refractivity (Wildman–Crippen MR) is 121 cm³/mol. The molecule has 0 saturated carbocycles. The van der Waals surface area contributed by atoms with E-state index in [1.807, 2.05) is 48.5 Å². The van der Waals surface area contributed by atoms with Gasteiger partial charge in [-0.3, -0.25) is 4.99 Å². The Morgan fingerprint density at radius 3 is 2.80 bits per heavy atom. The summed E-state index contributed by atoms with van der Waals surface area (Å²) in [6, 6.07) is 15.7. The van der Waals surface area contributed by atoms with Crippen LogP contribution < -0.4 is 5.32 Å². The topological polar surface area (TPSA) is 104 Å². The van der Waals surface area contributed by atoms with E-state index in [4.69, 9.17) is 16.7 Å². The van der Waals surface area contributed by atoms with E-state index in [1.54, 1.807) is 6.20 Å². The zero-order valence-corrected chi connectivity index (χ0v) is 17.3. The number of anilines is 2. The molecule has 0 amide bonds. The number of aromatic nitrogens is 3. The van der Waals surface area contributed by atoms with Crippen LogP contribution in [-0.2, 0) is 0 Å². The molecule has 0 saturated heterocycles. The molecule has 7 nitrogen and oxygen atoms in total. The fourth-order valence-corrected chi connectivity index (χ4v) is 3.78. The van der Waals surface area contributed by atoms with Gasteiger partial charge in [0.05, 0.1) is 36.2 Å². The van der Waals surface area contributed by atoms with Crippen LogP contribution in [0.3, 0.4) is 0 Å². The van der Waals surface area contributed by atoms with Gasteiger partial charge in [-0.2, -0.15) is 4.37 Å². The number of hydrogen-bond donors (Lipinski definition) is 3. The molecule has 0 bridgehead atoms. The summed E-state index contributed by atoms with van der Waals surface area (Å²) in [7, 11) is 0. The Kier molecular flexibility index (Phi) is 6.29. The molecule has 0 aliphatic heterocycles. The molecule has 30 heavy (non-hydrogen) atoms. The first-order chi connectivity index (χ1) is 14.7. The summed E-state index contributed by atoms with van der Waals surface area (Å²) in [6.07, 6.45) is 2.21. The molecule has 1 unspecified atom stereocenters. The third kappa shape index (κ3) is 4.47. The number of hydrogen-bond acceptors (Lipinski definition) is 8. The van der Waals surface area contributed by atoms with E-state index < -0.39 is 6.10 Å². The minimum atomic E-state index is -0.881. The van der Waals surface area contributed by atoms with Crippen molar-refractivity contribution in [2.75, 3.05) is 18.5 Å². The highest BCUT2D eigenvalue weighted by atomic mass is 35.5. The van der Waals surface area contributed by atoms with Crippen LogP contribution in [0.5, 0.6) is 0 Å². The maximum atomic E-state index is 9.34. The molecule has 0 fully saturated rings. The maximum absolute atomic E-state index is 9.34. The second kappa shape index (κ2) is 9.27. The molecule has 1 atom stereocenters. The van der Waals surface area contributed by atoms with E-state index >= 15 is 0 Å². The van der Waals surface area contributed by atoms with Gasteiger partial charge >= 0.3 is 0 Å². The molecule has 0 radical (unpaired) electrons. The number of aliphatic imine (C=N–C) groups is 1. The third-order valence-corrected chi connectivity index (χ3v) is 5.43. The summed E-state index contributed by atoms with van der Waals surface area (Å²) in [5.74, 6) is 0.578. The monoisotopic (exact) mass is 439 g/mol. The van der Waals surface area contributed by atoms with Crippen molar-refractivity contribution in [1.29, 1.82) is 0 Å². The SMILES string of the molecule is OCC(O)CN=Cc1cnc2c(Nc3cccc(-c4ccccc4)c3Cl)nsc2n1. The first kappa shape index (κ1) is 20.4. The molecule has 4 aromatic rings. The second-order valence-corrected chi connectivity index (χ2v) is 7.60. The lowest BCUT2D eigenvalue weighted by Crippen LogP contribution is -2.15. The fraction of sp³-hybridized carbons (Fsp3) is 0.143. The normalized spacial score (nSPS) is 12.5. The van der Waals surface area contributed by atoms with Gasteiger partial charge in [-0.15, -0.1) is 0 Å².